The van der Waals surface area contributed by atoms with E-state index >= 15 is 0 Å². The first-order chi connectivity index (χ1) is 16.8. The molecule has 0 spiro atoms. The number of benzene rings is 1. The summed E-state index contributed by atoms with van der Waals surface area (Å²) >= 11 is 0. The van der Waals surface area contributed by atoms with E-state index in [1.807, 2.05) is 39.8 Å². The molecule has 1 saturated carbocycles. The molecule has 1 aliphatic rings. The number of amides is 3. The molecule has 2 atom stereocenters. The summed E-state index contributed by atoms with van der Waals surface area (Å²) in [5, 5.41) is 5.89. The minimum Gasteiger partial charge on any atom is -0.444 e. The largest absolute Gasteiger partial charge is 0.444 e. The Morgan fingerprint density at radius 2 is 1.69 bits per heavy atom. The van der Waals surface area contributed by atoms with E-state index in [2.05, 4.69) is 23.6 Å². The fraction of sp³-hybridized carbons (Fsp3) is 0.690. The lowest BCUT2D eigenvalue weighted by molar-refractivity contribution is -0.147. The summed E-state index contributed by atoms with van der Waals surface area (Å²) in [5.74, 6) is -0.238. The third-order valence-corrected chi connectivity index (χ3v) is 6.33. The number of hydrogen-bond donors (Lipinski definition) is 2. The second kappa shape index (κ2) is 13.1. The molecular weight excluding hydrogens is 454 g/mol. The van der Waals surface area contributed by atoms with E-state index < -0.39 is 23.8 Å². The molecule has 0 saturated heterocycles. The molecular formula is C29H47N3O4. The average molecular weight is 502 g/mol. The average Bonchev–Trinajstić information content (AvgIpc) is 2.68. The van der Waals surface area contributed by atoms with Crippen molar-refractivity contribution in [2.75, 3.05) is 6.54 Å². The summed E-state index contributed by atoms with van der Waals surface area (Å²) in [6, 6.07) is 4.47. The van der Waals surface area contributed by atoms with E-state index in [0.717, 1.165) is 48.8 Å². The Balaban J connectivity index is 2.49. The van der Waals surface area contributed by atoms with Gasteiger partial charge in [0.05, 0.1) is 0 Å². The summed E-state index contributed by atoms with van der Waals surface area (Å²) in [6.07, 6.45) is 4.38. The molecule has 2 unspecified atom stereocenters. The van der Waals surface area contributed by atoms with Crippen LogP contribution in [0.2, 0.25) is 0 Å². The molecule has 0 radical (unpaired) electrons. The van der Waals surface area contributed by atoms with Gasteiger partial charge in [-0.15, -0.1) is 0 Å². The maximum absolute atomic E-state index is 14.2. The smallest absolute Gasteiger partial charge is 0.408 e. The van der Waals surface area contributed by atoms with Crippen molar-refractivity contribution >= 4 is 17.9 Å². The van der Waals surface area contributed by atoms with Crippen molar-refractivity contribution in [1.82, 2.24) is 15.5 Å². The van der Waals surface area contributed by atoms with Crippen LogP contribution >= 0.6 is 0 Å². The molecule has 202 valence electrons. The Bertz CT molecular complexity index is 882. The molecule has 3 amide bonds. The van der Waals surface area contributed by atoms with Gasteiger partial charge >= 0.3 is 6.09 Å². The molecule has 2 rings (SSSR count). The first-order valence-electron chi connectivity index (χ1n) is 13.5. The van der Waals surface area contributed by atoms with Crippen molar-refractivity contribution in [2.24, 2.45) is 5.92 Å². The van der Waals surface area contributed by atoms with Gasteiger partial charge < -0.3 is 20.3 Å². The molecule has 1 fully saturated rings. The Hall–Kier alpha value is -2.57. The zero-order valence-corrected chi connectivity index (χ0v) is 23.6. The van der Waals surface area contributed by atoms with Gasteiger partial charge in [0.1, 0.15) is 17.7 Å². The van der Waals surface area contributed by atoms with Crippen LogP contribution < -0.4 is 10.6 Å². The Labute approximate surface area is 217 Å². The Morgan fingerprint density at radius 1 is 1.08 bits per heavy atom. The van der Waals surface area contributed by atoms with Crippen molar-refractivity contribution in [3.8, 4) is 0 Å². The predicted octanol–water partition coefficient (Wildman–Crippen LogP) is 5.58. The summed E-state index contributed by atoms with van der Waals surface area (Å²) in [5.41, 5.74) is 2.22. The number of aryl methyl sites for hydroxylation is 2. The van der Waals surface area contributed by atoms with Crippen molar-refractivity contribution in [2.45, 2.75) is 118 Å². The van der Waals surface area contributed by atoms with Gasteiger partial charge in [0, 0.05) is 12.6 Å². The predicted molar refractivity (Wildman–Crippen MR) is 144 cm³/mol. The van der Waals surface area contributed by atoms with E-state index in [1.54, 1.807) is 25.7 Å². The number of ether oxygens (including phenoxy) is 1. The normalized spacial score (nSPS) is 15.6. The van der Waals surface area contributed by atoms with E-state index in [-0.39, 0.29) is 23.8 Å². The lowest BCUT2D eigenvalue weighted by atomic mass is 9.87. The third kappa shape index (κ3) is 8.82. The molecule has 0 bridgehead atoms. The Morgan fingerprint density at radius 3 is 2.17 bits per heavy atom. The van der Waals surface area contributed by atoms with Crippen LogP contribution in [0.1, 0.15) is 103 Å². The highest BCUT2D eigenvalue weighted by atomic mass is 16.6. The van der Waals surface area contributed by atoms with Crippen molar-refractivity contribution in [1.29, 1.82) is 0 Å². The molecule has 1 aromatic rings. The zero-order chi connectivity index (χ0) is 27.0. The molecule has 2 N–H and O–H groups in total. The van der Waals surface area contributed by atoms with E-state index in [4.69, 9.17) is 4.74 Å². The van der Waals surface area contributed by atoms with Crippen molar-refractivity contribution < 1.29 is 19.1 Å². The lowest BCUT2D eigenvalue weighted by Gasteiger charge is -2.44. The van der Waals surface area contributed by atoms with Crippen LogP contribution in [0.3, 0.4) is 0 Å². The lowest BCUT2D eigenvalue weighted by Crippen LogP contribution is -2.57. The summed E-state index contributed by atoms with van der Waals surface area (Å²) in [7, 11) is 0. The second-order valence-electron chi connectivity index (χ2n) is 11.6. The number of nitrogens with zero attached hydrogens (tertiary/aromatic N) is 1. The van der Waals surface area contributed by atoms with Gasteiger partial charge in [0.15, 0.2) is 0 Å². The first kappa shape index (κ1) is 29.7. The number of rotatable bonds is 11. The number of carbonyl (C=O) groups excluding carboxylic acids is 3. The number of alkyl carbamates (subject to hydrolysis) is 1. The third-order valence-electron chi connectivity index (χ3n) is 6.33. The van der Waals surface area contributed by atoms with Crippen LogP contribution in [0.4, 0.5) is 4.79 Å². The van der Waals surface area contributed by atoms with E-state index in [9.17, 15) is 14.4 Å². The number of carbonyl (C=O) groups is 3. The minimum absolute atomic E-state index is 0.0460. The van der Waals surface area contributed by atoms with Crippen molar-refractivity contribution in [3.63, 3.8) is 0 Å². The Kier molecular flexibility index (Phi) is 10.8. The van der Waals surface area contributed by atoms with E-state index in [0.29, 0.717) is 13.0 Å². The topological polar surface area (TPSA) is 87.7 Å². The SMILES string of the molecule is CCCCNC(=O)C(c1cc(C)cc(C)c1)N(C(=O)C(CC(C)C)NC(=O)OC(C)(C)C)C1CCC1. The van der Waals surface area contributed by atoms with Gasteiger partial charge in [0.25, 0.3) is 0 Å². The molecule has 7 nitrogen and oxygen atoms in total. The van der Waals surface area contributed by atoms with Gasteiger partial charge in [-0.05, 0) is 78.2 Å². The maximum Gasteiger partial charge on any atom is 0.408 e. The van der Waals surface area contributed by atoms with Crippen LogP contribution in [0.5, 0.6) is 0 Å². The molecule has 0 aromatic heterocycles. The van der Waals surface area contributed by atoms with Crippen LogP contribution in [-0.4, -0.2) is 47.0 Å². The summed E-state index contributed by atoms with van der Waals surface area (Å²) in [4.78, 5) is 42.3. The highest BCUT2D eigenvalue weighted by Gasteiger charge is 2.42. The minimum atomic E-state index is -0.780. The molecule has 1 aromatic carbocycles. The van der Waals surface area contributed by atoms with Gasteiger partial charge in [-0.1, -0.05) is 56.5 Å². The molecule has 0 aliphatic heterocycles. The van der Waals surface area contributed by atoms with Crippen LogP contribution in [0, 0.1) is 19.8 Å². The standard InChI is InChI=1S/C29H47N3O4/c1-9-10-14-30-26(33)25(22-17-20(4)16-21(5)18-22)32(23-12-11-13-23)27(34)24(15-19(2)3)31-28(35)36-29(6,7)8/h16-19,23-25H,9-15H2,1-8H3,(H,30,33)(H,31,35). The van der Waals surface area contributed by atoms with Crippen LogP contribution in [0.25, 0.3) is 0 Å². The van der Waals surface area contributed by atoms with Crippen molar-refractivity contribution in [3.05, 3.63) is 34.9 Å². The van der Waals surface area contributed by atoms with E-state index in [1.165, 1.54) is 0 Å². The second-order valence-corrected chi connectivity index (χ2v) is 11.6. The highest BCUT2D eigenvalue weighted by Crippen LogP contribution is 2.35. The molecule has 7 heteroatoms. The summed E-state index contributed by atoms with van der Waals surface area (Å²) < 4.78 is 5.47. The number of hydrogen-bond acceptors (Lipinski definition) is 4. The molecule has 1 aliphatic carbocycles. The van der Waals surface area contributed by atoms with Crippen LogP contribution in [0.15, 0.2) is 18.2 Å². The van der Waals surface area contributed by atoms with Gasteiger partial charge in [0.2, 0.25) is 11.8 Å². The highest BCUT2D eigenvalue weighted by molar-refractivity contribution is 5.92. The fourth-order valence-corrected chi connectivity index (χ4v) is 4.60. The monoisotopic (exact) mass is 501 g/mol. The van der Waals surface area contributed by atoms with Gasteiger partial charge in [-0.2, -0.15) is 0 Å². The maximum atomic E-state index is 14.2. The molecule has 36 heavy (non-hydrogen) atoms. The van der Waals surface area contributed by atoms with Crippen LogP contribution in [-0.2, 0) is 14.3 Å². The number of unbranched alkanes of at least 4 members (excludes halogenated alkanes) is 1. The molecule has 0 heterocycles. The van der Waals surface area contributed by atoms with Gasteiger partial charge in [-0.25, -0.2) is 4.79 Å². The summed E-state index contributed by atoms with van der Waals surface area (Å²) in [6.45, 7) is 16.1. The number of nitrogens with one attached hydrogen (secondary N) is 2. The fourth-order valence-electron chi connectivity index (χ4n) is 4.60. The first-order valence-corrected chi connectivity index (χ1v) is 13.5. The van der Waals surface area contributed by atoms with Gasteiger partial charge in [-0.3, -0.25) is 9.59 Å². The zero-order valence-electron chi connectivity index (χ0n) is 23.6. The quantitative estimate of drug-likeness (QED) is 0.387.